The van der Waals surface area contributed by atoms with Crippen LogP contribution in [-0.4, -0.2) is 17.6 Å². The zero-order chi connectivity index (χ0) is 7.11. The Morgan fingerprint density at radius 1 is 1.78 bits per heavy atom. The van der Waals surface area contributed by atoms with Crippen molar-refractivity contribution in [2.45, 2.75) is 13.3 Å². The molecule has 3 heteroatoms. The molecule has 0 aromatic rings. The number of carbonyl (C=O) groups is 1. The maximum absolute atomic E-state index is 9.84. The molecule has 0 unspecified atom stereocenters. The van der Waals surface area contributed by atoms with E-state index in [1.54, 1.807) is 0 Å². The Labute approximate surface area is 54.4 Å². The lowest BCUT2D eigenvalue weighted by Gasteiger charge is -1.91. The van der Waals surface area contributed by atoms with Gasteiger partial charge in [-0.25, -0.2) is 4.79 Å². The first-order chi connectivity index (χ1) is 4.27. The molecule has 0 saturated heterocycles. The van der Waals surface area contributed by atoms with Crippen molar-refractivity contribution in [1.29, 1.82) is 0 Å². The summed E-state index contributed by atoms with van der Waals surface area (Å²) in [4.78, 5) is 9.84. The summed E-state index contributed by atoms with van der Waals surface area (Å²) in [5, 5.41) is 10.9. The second-order valence-electron chi connectivity index (χ2n) is 1.63. The molecule has 0 saturated carbocycles. The monoisotopic (exact) mass is 129 g/mol. The summed E-state index contributed by atoms with van der Waals surface area (Å²) in [7, 11) is 0. The zero-order valence-electron chi connectivity index (χ0n) is 5.42. The fraction of sp³-hybridized carbons (Fsp3) is 0.500. The van der Waals surface area contributed by atoms with Crippen LogP contribution in [0, 0.1) is 0 Å². The Kier molecular flexibility index (Phi) is 4.59. The van der Waals surface area contributed by atoms with Crippen molar-refractivity contribution in [2.75, 3.05) is 6.54 Å². The van der Waals surface area contributed by atoms with Crippen molar-refractivity contribution >= 4 is 5.97 Å². The van der Waals surface area contributed by atoms with E-state index in [2.05, 4.69) is 5.32 Å². The summed E-state index contributed by atoms with van der Waals surface area (Å²) in [5.74, 6) is -0.918. The molecule has 0 fully saturated rings. The molecule has 0 spiro atoms. The van der Waals surface area contributed by atoms with Crippen LogP contribution in [0.1, 0.15) is 13.3 Å². The molecule has 0 atom stereocenters. The Balaban J connectivity index is 3.15. The molecule has 52 valence electrons. The third-order valence-corrected chi connectivity index (χ3v) is 0.738. The lowest BCUT2D eigenvalue weighted by molar-refractivity contribution is -0.131. The third kappa shape index (κ3) is 7.01. The highest BCUT2D eigenvalue weighted by Gasteiger charge is 1.81. The van der Waals surface area contributed by atoms with Crippen LogP contribution in [0.25, 0.3) is 0 Å². The van der Waals surface area contributed by atoms with E-state index in [1.165, 1.54) is 6.20 Å². The molecular formula is C6H11NO2. The highest BCUT2D eigenvalue weighted by Crippen LogP contribution is 1.71. The van der Waals surface area contributed by atoms with Crippen molar-refractivity contribution in [3.63, 3.8) is 0 Å². The standard InChI is InChI=1S/C6H11NO2/c1-2-4-7-5-3-6(8)9/h3,5,7H,2,4H2,1H3,(H,8,9). The number of carboxylic acids is 1. The van der Waals surface area contributed by atoms with E-state index in [4.69, 9.17) is 5.11 Å². The van der Waals surface area contributed by atoms with Gasteiger partial charge in [0.25, 0.3) is 0 Å². The van der Waals surface area contributed by atoms with Crippen molar-refractivity contribution in [2.24, 2.45) is 0 Å². The van der Waals surface area contributed by atoms with Gasteiger partial charge in [-0.15, -0.1) is 0 Å². The molecule has 0 aliphatic carbocycles. The highest BCUT2D eigenvalue weighted by molar-refractivity contribution is 5.79. The first-order valence-corrected chi connectivity index (χ1v) is 2.90. The largest absolute Gasteiger partial charge is 0.478 e. The lowest BCUT2D eigenvalue weighted by atomic mass is 10.5. The Hall–Kier alpha value is -0.990. The van der Waals surface area contributed by atoms with Gasteiger partial charge in [0.2, 0.25) is 0 Å². The van der Waals surface area contributed by atoms with E-state index < -0.39 is 5.97 Å². The van der Waals surface area contributed by atoms with Crippen molar-refractivity contribution in [3.8, 4) is 0 Å². The van der Waals surface area contributed by atoms with Gasteiger partial charge in [-0.2, -0.15) is 0 Å². The summed E-state index contributed by atoms with van der Waals surface area (Å²) in [6, 6.07) is 0. The van der Waals surface area contributed by atoms with Gasteiger partial charge >= 0.3 is 5.97 Å². The smallest absolute Gasteiger partial charge is 0.329 e. The first kappa shape index (κ1) is 8.01. The van der Waals surface area contributed by atoms with Crippen LogP contribution in [0.3, 0.4) is 0 Å². The quantitative estimate of drug-likeness (QED) is 0.431. The SMILES string of the molecule is CCCNC=CC(=O)O. The second-order valence-corrected chi connectivity index (χ2v) is 1.63. The molecule has 0 rings (SSSR count). The predicted octanol–water partition coefficient (Wildman–Crippen LogP) is 0.584. The molecule has 0 aliphatic heterocycles. The maximum Gasteiger partial charge on any atom is 0.329 e. The van der Waals surface area contributed by atoms with E-state index in [0.29, 0.717) is 0 Å². The number of rotatable bonds is 4. The Morgan fingerprint density at radius 3 is 2.89 bits per heavy atom. The lowest BCUT2D eigenvalue weighted by Crippen LogP contribution is -2.05. The molecular weight excluding hydrogens is 118 g/mol. The Morgan fingerprint density at radius 2 is 2.44 bits per heavy atom. The number of hydrogen-bond acceptors (Lipinski definition) is 2. The average Bonchev–Trinajstić information content (AvgIpc) is 1.80. The third-order valence-electron chi connectivity index (χ3n) is 0.738. The fourth-order valence-corrected chi connectivity index (χ4v) is 0.358. The van der Waals surface area contributed by atoms with Gasteiger partial charge in [0.15, 0.2) is 0 Å². The van der Waals surface area contributed by atoms with Crippen LogP contribution in [0.15, 0.2) is 12.3 Å². The van der Waals surface area contributed by atoms with E-state index in [1.807, 2.05) is 6.92 Å². The van der Waals surface area contributed by atoms with Crippen LogP contribution < -0.4 is 5.32 Å². The molecule has 3 nitrogen and oxygen atoms in total. The summed E-state index contributed by atoms with van der Waals surface area (Å²) >= 11 is 0. The highest BCUT2D eigenvalue weighted by atomic mass is 16.4. The predicted molar refractivity (Wildman–Crippen MR) is 35.1 cm³/mol. The van der Waals surface area contributed by atoms with Gasteiger partial charge in [0.1, 0.15) is 0 Å². The van der Waals surface area contributed by atoms with E-state index in [9.17, 15) is 4.79 Å². The summed E-state index contributed by atoms with van der Waals surface area (Å²) in [6.07, 6.45) is 3.52. The van der Waals surface area contributed by atoms with Crippen LogP contribution >= 0.6 is 0 Å². The zero-order valence-corrected chi connectivity index (χ0v) is 5.42. The van der Waals surface area contributed by atoms with Gasteiger partial charge < -0.3 is 10.4 Å². The molecule has 0 amide bonds. The van der Waals surface area contributed by atoms with Crippen LogP contribution in [-0.2, 0) is 4.79 Å². The van der Waals surface area contributed by atoms with Crippen LogP contribution in [0.2, 0.25) is 0 Å². The minimum Gasteiger partial charge on any atom is -0.478 e. The molecule has 0 aromatic heterocycles. The maximum atomic E-state index is 9.84. The van der Waals surface area contributed by atoms with Gasteiger partial charge in [0.05, 0.1) is 0 Å². The van der Waals surface area contributed by atoms with Crippen molar-refractivity contribution in [3.05, 3.63) is 12.3 Å². The topological polar surface area (TPSA) is 49.3 Å². The van der Waals surface area contributed by atoms with Gasteiger partial charge in [-0.3, -0.25) is 0 Å². The van der Waals surface area contributed by atoms with Crippen molar-refractivity contribution < 1.29 is 9.90 Å². The first-order valence-electron chi connectivity index (χ1n) is 2.90. The molecule has 9 heavy (non-hydrogen) atoms. The second kappa shape index (κ2) is 5.15. The van der Waals surface area contributed by atoms with Gasteiger partial charge in [-0.1, -0.05) is 6.92 Å². The van der Waals surface area contributed by atoms with Crippen molar-refractivity contribution in [1.82, 2.24) is 5.32 Å². The number of nitrogens with one attached hydrogen (secondary N) is 1. The summed E-state index contributed by atoms with van der Waals surface area (Å²) in [5.41, 5.74) is 0. The minimum absolute atomic E-state index is 0.823. The van der Waals surface area contributed by atoms with Crippen LogP contribution in [0.5, 0.6) is 0 Å². The minimum atomic E-state index is -0.918. The van der Waals surface area contributed by atoms with Crippen LogP contribution in [0.4, 0.5) is 0 Å². The molecule has 0 bridgehead atoms. The summed E-state index contributed by atoms with van der Waals surface area (Å²) in [6.45, 7) is 2.84. The molecule has 0 heterocycles. The van der Waals surface area contributed by atoms with E-state index >= 15 is 0 Å². The molecule has 2 N–H and O–H groups in total. The number of hydrogen-bond donors (Lipinski definition) is 2. The Bertz CT molecular complexity index is 110. The van der Waals surface area contributed by atoms with Gasteiger partial charge in [-0.05, 0) is 6.42 Å². The summed E-state index contributed by atoms with van der Waals surface area (Å²) < 4.78 is 0. The average molecular weight is 129 g/mol. The fourth-order valence-electron chi connectivity index (χ4n) is 0.358. The number of aliphatic carboxylic acids is 1. The van der Waals surface area contributed by atoms with Gasteiger partial charge in [0, 0.05) is 18.8 Å². The van der Waals surface area contributed by atoms with E-state index in [0.717, 1.165) is 19.0 Å². The molecule has 0 aromatic carbocycles. The molecule has 0 aliphatic rings. The normalized spacial score (nSPS) is 9.89. The molecule has 0 radical (unpaired) electrons. The van der Waals surface area contributed by atoms with E-state index in [-0.39, 0.29) is 0 Å². The number of carboxylic acid groups (broad SMARTS) is 1.